The first-order chi connectivity index (χ1) is 11.0. The molecule has 2 N–H and O–H groups in total. The van der Waals surface area contributed by atoms with Gasteiger partial charge in [0.1, 0.15) is 0 Å². The third-order valence-corrected chi connectivity index (χ3v) is 3.84. The topological polar surface area (TPSA) is 120 Å². The van der Waals surface area contributed by atoms with Crippen LogP contribution >= 0.6 is 0 Å². The zero-order chi connectivity index (χ0) is 16.4. The number of aromatic nitrogens is 3. The fraction of sp³-hybridized carbons (Fsp3) is 0.357. The Kier molecular flexibility index (Phi) is 4.02. The first kappa shape index (κ1) is 15.1. The average molecular weight is 316 g/mol. The Morgan fingerprint density at radius 1 is 1.35 bits per heavy atom. The molecule has 0 bridgehead atoms. The summed E-state index contributed by atoms with van der Waals surface area (Å²) in [6.45, 7) is 1.20. The van der Waals surface area contributed by atoms with Crippen molar-refractivity contribution in [3.8, 4) is 5.69 Å². The molecule has 9 heteroatoms. The average Bonchev–Trinajstić information content (AvgIpc) is 3.05. The van der Waals surface area contributed by atoms with E-state index >= 15 is 0 Å². The van der Waals surface area contributed by atoms with E-state index in [4.69, 9.17) is 5.73 Å². The zero-order valence-corrected chi connectivity index (χ0v) is 12.3. The van der Waals surface area contributed by atoms with Gasteiger partial charge in [0.05, 0.1) is 16.8 Å². The minimum atomic E-state index is -0.483. The lowest BCUT2D eigenvalue weighted by Gasteiger charge is -2.29. The van der Waals surface area contributed by atoms with Gasteiger partial charge in [0.15, 0.2) is 5.69 Å². The van der Waals surface area contributed by atoms with Crippen molar-refractivity contribution >= 4 is 11.6 Å². The van der Waals surface area contributed by atoms with Crippen molar-refractivity contribution in [2.24, 2.45) is 5.73 Å². The van der Waals surface area contributed by atoms with Crippen LogP contribution in [0, 0.1) is 10.1 Å². The van der Waals surface area contributed by atoms with Crippen LogP contribution in [0.3, 0.4) is 0 Å². The summed E-state index contributed by atoms with van der Waals surface area (Å²) in [4.78, 5) is 24.4. The number of likely N-dealkylation sites (tertiary alicyclic amines) is 1. The molecular formula is C14H16N6O3. The van der Waals surface area contributed by atoms with E-state index in [0.29, 0.717) is 18.8 Å². The summed E-state index contributed by atoms with van der Waals surface area (Å²) in [6, 6.07) is 6.13. The van der Waals surface area contributed by atoms with Gasteiger partial charge in [-0.1, -0.05) is 11.3 Å². The third-order valence-electron chi connectivity index (χ3n) is 3.84. The number of benzene rings is 1. The maximum Gasteiger partial charge on any atom is 0.276 e. The molecule has 0 saturated carbocycles. The highest BCUT2D eigenvalue weighted by molar-refractivity contribution is 5.92. The van der Waals surface area contributed by atoms with E-state index in [9.17, 15) is 14.9 Å². The molecule has 1 aliphatic heterocycles. The van der Waals surface area contributed by atoms with Crippen LogP contribution in [0.15, 0.2) is 30.5 Å². The van der Waals surface area contributed by atoms with Crippen LogP contribution in [0.5, 0.6) is 0 Å². The van der Waals surface area contributed by atoms with Gasteiger partial charge in [-0.3, -0.25) is 14.9 Å². The van der Waals surface area contributed by atoms with Gasteiger partial charge in [-0.25, -0.2) is 4.68 Å². The predicted octanol–water partition coefficient (Wildman–Crippen LogP) is 0.739. The number of non-ortho nitro benzene ring substituents is 1. The highest BCUT2D eigenvalue weighted by Crippen LogP contribution is 2.17. The van der Waals surface area contributed by atoms with Gasteiger partial charge >= 0.3 is 0 Å². The van der Waals surface area contributed by atoms with Crippen molar-refractivity contribution in [3.63, 3.8) is 0 Å². The zero-order valence-electron chi connectivity index (χ0n) is 12.3. The Bertz CT molecular complexity index is 736. The molecule has 1 aliphatic rings. The molecule has 1 amide bonds. The summed E-state index contributed by atoms with van der Waals surface area (Å²) in [5.41, 5.74) is 6.48. The molecule has 9 nitrogen and oxygen atoms in total. The van der Waals surface area contributed by atoms with Crippen LogP contribution in [0.2, 0.25) is 0 Å². The number of carbonyl (C=O) groups is 1. The number of hydrogen-bond acceptors (Lipinski definition) is 6. The van der Waals surface area contributed by atoms with Gasteiger partial charge in [0.2, 0.25) is 0 Å². The Labute approximate surface area is 131 Å². The number of nitro benzene ring substituents is 1. The largest absolute Gasteiger partial charge is 0.337 e. The molecule has 1 fully saturated rings. The number of rotatable bonds is 3. The maximum absolute atomic E-state index is 12.4. The Morgan fingerprint density at radius 3 is 2.78 bits per heavy atom. The molecule has 2 aromatic rings. The van der Waals surface area contributed by atoms with E-state index in [1.807, 2.05) is 0 Å². The van der Waals surface area contributed by atoms with E-state index in [-0.39, 0.29) is 23.3 Å². The molecule has 120 valence electrons. The smallest absolute Gasteiger partial charge is 0.276 e. The van der Waals surface area contributed by atoms with Crippen LogP contribution in [-0.2, 0) is 0 Å². The summed E-state index contributed by atoms with van der Waals surface area (Å²) < 4.78 is 1.36. The van der Waals surface area contributed by atoms with Crippen molar-refractivity contribution < 1.29 is 9.72 Å². The molecule has 3 rings (SSSR count). The number of carbonyl (C=O) groups excluding carboxylic acids is 1. The number of amides is 1. The van der Waals surface area contributed by atoms with Gasteiger partial charge in [-0.2, -0.15) is 0 Å². The number of hydrogen-bond donors (Lipinski definition) is 1. The molecule has 0 aliphatic carbocycles. The summed E-state index contributed by atoms with van der Waals surface area (Å²) >= 11 is 0. The summed E-state index contributed by atoms with van der Waals surface area (Å²) in [6.07, 6.45) is 3.02. The monoisotopic (exact) mass is 316 g/mol. The molecule has 0 spiro atoms. The first-order valence-electron chi connectivity index (χ1n) is 7.26. The molecule has 1 saturated heterocycles. The minimum Gasteiger partial charge on any atom is -0.337 e. The first-order valence-corrected chi connectivity index (χ1v) is 7.26. The van der Waals surface area contributed by atoms with Crippen LogP contribution < -0.4 is 5.73 Å². The van der Waals surface area contributed by atoms with Gasteiger partial charge in [0.25, 0.3) is 11.6 Å². The SMILES string of the molecule is NC1CCN(C(=O)c2cn(-c3cccc([N+](=O)[O-])c3)nn2)CC1. The molecule has 1 aromatic heterocycles. The molecule has 1 aromatic carbocycles. The standard InChI is InChI=1S/C14H16N6O3/c15-10-4-6-18(7-5-10)14(21)13-9-19(17-16-13)11-2-1-3-12(8-11)20(22)23/h1-3,8-10H,4-7,15H2. The summed E-state index contributed by atoms with van der Waals surface area (Å²) in [5.74, 6) is -0.200. The van der Waals surface area contributed by atoms with Crippen LogP contribution in [0.4, 0.5) is 5.69 Å². The lowest BCUT2D eigenvalue weighted by molar-refractivity contribution is -0.384. The second kappa shape index (κ2) is 6.13. The van der Waals surface area contributed by atoms with E-state index in [0.717, 1.165) is 12.8 Å². The molecule has 2 heterocycles. The van der Waals surface area contributed by atoms with Crippen LogP contribution in [0.25, 0.3) is 5.69 Å². The highest BCUT2D eigenvalue weighted by atomic mass is 16.6. The number of nitro groups is 1. The molecule has 0 atom stereocenters. The van der Waals surface area contributed by atoms with Crippen LogP contribution in [0.1, 0.15) is 23.3 Å². The Balaban J connectivity index is 1.79. The van der Waals surface area contributed by atoms with Gasteiger partial charge < -0.3 is 10.6 Å². The lowest BCUT2D eigenvalue weighted by atomic mass is 10.1. The van der Waals surface area contributed by atoms with E-state index in [1.54, 1.807) is 17.0 Å². The van der Waals surface area contributed by atoms with Crippen molar-refractivity contribution in [1.82, 2.24) is 19.9 Å². The summed E-state index contributed by atoms with van der Waals surface area (Å²) in [7, 11) is 0. The predicted molar refractivity (Wildman–Crippen MR) is 81.1 cm³/mol. The number of piperidine rings is 1. The molecule has 0 radical (unpaired) electrons. The van der Waals surface area contributed by atoms with E-state index in [1.165, 1.54) is 23.0 Å². The fourth-order valence-electron chi connectivity index (χ4n) is 2.50. The Morgan fingerprint density at radius 2 is 2.09 bits per heavy atom. The van der Waals surface area contributed by atoms with Crippen LogP contribution in [-0.4, -0.2) is 49.9 Å². The second-order valence-corrected chi connectivity index (χ2v) is 5.45. The molecular weight excluding hydrogens is 300 g/mol. The Hall–Kier alpha value is -2.81. The number of nitrogens with two attached hydrogens (primary N) is 1. The van der Waals surface area contributed by atoms with E-state index < -0.39 is 4.92 Å². The van der Waals surface area contributed by atoms with Gasteiger partial charge in [-0.15, -0.1) is 5.10 Å². The highest BCUT2D eigenvalue weighted by Gasteiger charge is 2.24. The molecule has 0 unspecified atom stereocenters. The van der Waals surface area contributed by atoms with Crippen molar-refractivity contribution in [1.29, 1.82) is 0 Å². The maximum atomic E-state index is 12.4. The van der Waals surface area contributed by atoms with Crippen molar-refractivity contribution in [3.05, 3.63) is 46.3 Å². The lowest BCUT2D eigenvalue weighted by Crippen LogP contribution is -2.43. The van der Waals surface area contributed by atoms with Crippen molar-refractivity contribution in [2.75, 3.05) is 13.1 Å². The second-order valence-electron chi connectivity index (χ2n) is 5.45. The minimum absolute atomic E-state index is 0.0455. The fourth-order valence-corrected chi connectivity index (χ4v) is 2.50. The van der Waals surface area contributed by atoms with Crippen molar-refractivity contribution in [2.45, 2.75) is 18.9 Å². The molecule has 23 heavy (non-hydrogen) atoms. The van der Waals surface area contributed by atoms with Gasteiger partial charge in [0, 0.05) is 31.3 Å². The number of nitrogens with zero attached hydrogens (tertiary/aromatic N) is 5. The normalized spacial score (nSPS) is 15.6. The third kappa shape index (κ3) is 3.19. The quantitative estimate of drug-likeness (QED) is 0.658. The summed E-state index contributed by atoms with van der Waals surface area (Å²) in [5, 5.41) is 18.6. The van der Waals surface area contributed by atoms with E-state index in [2.05, 4.69) is 10.3 Å². The van der Waals surface area contributed by atoms with Gasteiger partial charge in [-0.05, 0) is 18.9 Å².